The van der Waals surface area contributed by atoms with E-state index in [0.29, 0.717) is 25.9 Å². The molecule has 1 aliphatic rings. The highest BCUT2D eigenvalue weighted by molar-refractivity contribution is 5.96. The first-order valence-corrected chi connectivity index (χ1v) is 9.52. The molecule has 28 heavy (non-hydrogen) atoms. The van der Waals surface area contributed by atoms with Gasteiger partial charge in [0.2, 0.25) is 5.91 Å². The van der Waals surface area contributed by atoms with E-state index in [1.807, 2.05) is 37.3 Å². The van der Waals surface area contributed by atoms with Gasteiger partial charge in [0.25, 0.3) is 5.91 Å². The third kappa shape index (κ3) is 4.51. The highest BCUT2D eigenvalue weighted by Gasteiger charge is 2.35. The number of aliphatic hydroxyl groups is 1. The summed E-state index contributed by atoms with van der Waals surface area (Å²) in [5.41, 5.74) is 0.0889. The van der Waals surface area contributed by atoms with Gasteiger partial charge in [0.15, 0.2) is 0 Å². The van der Waals surface area contributed by atoms with Crippen LogP contribution in [0.25, 0.3) is 0 Å². The summed E-state index contributed by atoms with van der Waals surface area (Å²) in [6, 6.07) is 15.9. The molecule has 0 aromatic heterocycles. The fourth-order valence-corrected chi connectivity index (χ4v) is 3.48. The number of phenols is 1. The zero-order valence-corrected chi connectivity index (χ0v) is 16.0. The van der Waals surface area contributed by atoms with Gasteiger partial charge in [-0.05, 0) is 37.5 Å². The number of amides is 2. The number of piperidine rings is 1. The van der Waals surface area contributed by atoms with Crippen LogP contribution in [0.1, 0.15) is 41.6 Å². The van der Waals surface area contributed by atoms with Crippen LogP contribution in [-0.2, 0) is 4.79 Å². The lowest BCUT2D eigenvalue weighted by Gasteiger charge is -2.39. The van der Waals surface area contributed by atoms with Crippen molar-refractivity contribution in [1.82, 2.24) is 10.2 Å². The van der Waals surface area contributed by atoms with Crippen LogP contribution in [0, 0.1) is 0 Å². The Hall–Kier alpha value is -2.86. The maximum Gasteiger partial charge on any atom is 0.255 e. The molecule has 0 spiro atoms. The summed E-state index contributed by atoms with van der Waals surface area (Å²) in [4.78, 5) is 26.7. The zero-order valence-electron chi connectivity index (χ0n) is 16.0. The number of nitrogens with one attached hydrogen (secondary N) is 1. The topological polar surface area (TPSA) is 89.9 Å². The predicted molar refractivity (Wildman–Crippen MR) is 106 cm³/mol. The Morgan fingerprint density at radius 2 is 1.68 bits per heavy atom. The van der Waals surface area contributed by atoms with Crippen molar-refractivity contribution in [2.24, 2.45) is 0 Å². The molecule has 2 amide bonds. The minimum absolute atomic E-state index is 0.0477. The van der Waals surface area contributed by atoms with E-state index in [0.717, 1.165) is 5.56 Å². The van der Waals surface area contributed by atoms with Crippen molar-refractivity contribution in [3.05, 3.63) is 65.7 Å². The molecule has 0 saturated carbocycles. The first-order chi connectivity index (χ1) is 13.4. The second kappa shape index (κ2) is 8.44. The molecule has 0 unspecified atom stereocenters. The Morgan fingerprint density at radius 1 is 1.07 bits per heavy atom. The smallest absolute Gasteiger partial charge is 0.255 e. The molecule has 3 N–H and O–H groups in total. The molecule has 6 heteroatoms. The van der Waals surface area contributed by atoms with E-state index >= 15 is 0 Å². The van der Waals surface area contributed by atoms with E-state index in [4.69, 9.17) is 0 Å². The number of carbonyl (C=O) groups is 2. The molecule has 3 rings (SSSR count). The lowest BCUT2D eigenvalue weighted by Crippen LogP contribution is -2.52. The second-order valence-corrected chi connectivity index (χ2v) is 7.38. The van der Waals surface area contributed by atoms with Crippen LogP contribution < -0.4 is 5.32 Å². The van der Waals surface area contributed by atoms with Crippen molar-refractivity contribution in [2.75, 3.05) is 19.6 Å². The summed E-state index contributed by atoms with van der Waals surface area (Å²) in [5.74, 6) is -0.704. The molecule has 2 aromatic rings. The Bertz CT molecular complexity index is 829. The largest absolute Gasteiger partial charge is 0.507 e. The first-order valence-electron chi connectivity index (χ1n) is 9.52. The van der Waals surface area contributed by atoms with Crippen LogP contribution in [0.4, 0.5) is 0 Å². The average Bonchev–Trinajstić information content (AvgIpc) is 2.72. The van der Waals surface area contributed by atoms with Gasteiger partial charge in [-0.15, -0.1) is 0 Å². The Labute approximate surface area is 164 Å². The zero-order chi connectivity index (χ0) is 20.1. The van der Waals surface area contributed by atoms with Crippen molar-refractivity contribution < 1.29 is 19.8 Å². The second-order valence-electron chi connectivity index (χ2n) is 7.38. The highest BCUT2D eigenvalue weighted by atomic mass is 16.3. The number of rotatable bonds is 5. The van der Waals surface area contributed by atoms with Crippen LogP contribution >= 0.6 is 0 Å². The number of nitrogens with zero attached hydrogens (tertiary/aromatic N) is 1. The maximum atomic E-state index is 12.7. The van der Waals surface area contributed by atoms with Gasteiger partial charge in [-0.3, -0.25) is 9.59 Å². The third-order valence-electron chi connectivity index (χ3n) is 5.40. The molecule has 1 atom stereocenters. The van der Waals surface area contributed by atoms with Gasteiger partial charge in [-0.25, -0.2) is 0 Å². The SMILES string of the molecule is C[C@@H](C(=O)N1CCC(O)(CNC(=O)c2ccccc2O)CC1)c1ccccc1. The Kier molecular flexibility index (Phi) is 5.99. The maximum absolute atomic E-state index is 12.7. The summed E-state index contributed by atoms with van der Waals surface area (Å²) in [5, 5.41) is 23.2. The van der Waals surface area contributed by atoms with Crippen molar-refractivity contribution >= 4 is 11.8 Å². The van der Waals surface area contributed by atoms with E-state index in [9.17, 15) is 19.8 Å². The molecule has 0 radical (unpaired) electrons. The molecule has 1 aliphatic heterocycles. The minimum atomic E-state index is -1.06. The van der Waals surface area contributed by atoms with Crippen LogP contribution in [0.15, 0.2) is 54.6 Å². The monoisotopic (exact) mass is 382 g/mol. The average molecular weight is 382 g/mol. The van der Waals surface area contributed by atoms with Gasteiger partial charge in [0.1, 0.15) is 5.75 Å². The van der Waals surface area contributed by atoms with Gasteiger partial charge in [0, 0.05) is 19.6 Å². The fraction of sp³-hybridized carbons (Fsp3) is 0.364. The van der Waals surface area contributed by atoms with Gasteiger partial charge >= 0.3 is 0 Å². The standard InChI is InChI=1S/C22H26N2O4/c1-16(17-7-3-2-4-8-17)21(27)24-13-11-22(28,12-14-24)15-23-20(26)18-9-5-6-10-19(18)25/h2-10,16,25,28H,11-15H2,1H3,(H,23,26)/t16-/m1/s1. The molecule has 148 valence electrons. The van der Waals surface area contributed by atoms with Crippen molar-refractivity contribution in [2.45, 2.75) is 31.3 Å². The van der Waals surface area contributed by atoms with E-state index in [1.54, 1.807) is 17.0 Å². The van der Waals surface area contributed by atoms with Gasteiger partial charge in [-0.1, -0.05) is 42.5 Å². The molecule has 1 heterocycles. The quantitative estimate of drug-likeness (QED) is 0.740. The molecular formula is C22H26N2O4. The van der Waals surface area contributed by atoms with E-state index in [1.165, 1.54) is 12.1 Å². The predicted octanol–water partition coefficient (Wildman–Crippen LogP) is 2.28. The molecule has 1 saturated heterocycles. The van der Waals surface area contributed by atoms with Crippen LogP contribution in [-0.4, -0.2) is 52.2 Å². The summed E-state index contributed by atoms with van der Waals surface area (Å²) >= 11 is 0. The Balaban J connectivity index is 1.53. The third-order valence-corrected chi connectivity index (χ3v) is 5.40. The van der Waals surface area contributed by atoms with E-state index in [-0.39, 0.29) is 29.7 Å². The molecule has 0 aliphatic carbocycles. The van der Waals surface area contributed by atoms with Crippen molar-refractivity contribution in [3.63, 3.8) is 0 Å². The molecule has 6 nitrogen and oxygen atoms in total. The normalized spacial score (nSPS) is 17.0. The number of hydrogen-bond acceptors (Lipinski definition) is 4. The summed E-state index contributed by atoms with van der Waals surface area (Å²) < 4.78 is 0. The van der Waals surface area contributed by atoms with Crippen LogP contribution in [0.3, 0.4) is 0 Å². The molecule has 2 aromatic carbocycles. The Morgan fingerprint density at radius 3 is 2.32 bits per heavy atom. The number of para-hydroxylation sites is 1. The number of hydrogen-bond donors (Lipinski definition) is 3. The number of phenolic OH excluding ortho intramolecular Hbond substituents is 1. The van der Waals surface area contributed by atoms with Gasteiger partial charge < -0.3 is 20.4 Å². The lowest BCUT2D eigenvalue weighted by atomic mass is 9.90. The highest BCUT2D eigenvalue weighted by Crippen LogP contribution is 2.25. The molecule has 1 fully saturated rings. The van der Waals surface area contributed by atoms with Crippen LogP contribution in [0.2, 0.25) is 0 Å². The number of benzene rings is 2. The first kappa shape index (κ1) is 19.9. The number of carbonyl (C=O) groups excluding carboxylic acids is 2. The van der Waals surface area contributed by atoms with E-state index < -0.39 is 11.5 Å². The van der Waals surface area contributed by atoms with Crippen molar-refractivity contribution in [1.29, 1.82) is 0 Å². The van der Waals surface area contributed by atoms with Gasteiger partial charge in [0.05, 0.1) is 17.1 Å². The fourth-order valence-electron chi connectivity index (χ4n) is 3.48. The number of likely N-dealkylation sites (tertiary alicyclic amines) is 1. The molecule has 0 bridgehead atoms. The van der Waals surface area contributed by atoms with Crippen molar-refractivity contribution in [3.8, 4) is 5.75 Å². The lowest BCUT2D eigenvalue weighted by molar-refractivity contribution is -0.136. The van der Waals surface area contributed by atoms with E-state index in [2.05, 4.69) is 5.32 Å². The summed E-state index contributed by atoms with van der Waals surface area (Å²) in [6.45, 7) is 2.86. The van der Waals surface area contributed by atoms with Gasteiger partial charge in [-0.2, -0.15) is 0 Å². The summed E-state index contributed by atoms with van der Waals surface area (Å²) in [6.07, 6.45) is 0.780. The molecular weight excluding hydrogens is 356 g/mol. The number of aromatic hydroxyl groups is 1. The summed E-state index contributed by atoms with van der Waals surface area (Å²) in [7, 11) is 0. The van der Waals surface area contributed by atoms with Crippen LogP contribution in [0.5, 0.6) is 5.75 Å². The minimum Gasteiger partial charge on any atom is -0.507 e.